The normalized spacial score (nSPS) is 21.2. The van der Waals surface area contributed by atoms with Crippen LogP contribution in [0.4, 0.5) is 0 Å². The third-order valence-corrected chi connectivity index (χ3v) is 4.48. The molecule has 0 spiro atoms. The molecule has 0 radical (unpaired) electrons. The number of benzene rings is 2. The van der Waals surface area contributed by atoms with Crippen LogP contribution in [0, 0.1) is 0 Å². The summed E-state index contributed by atoms with van der Waals surface area (Å²) in [6, 6.07) is 11.3. The zero-order valence-corrected chi connectivity index (χ0v) is 13.5. The summed E-state index contributed by atoms with van der Waals surface area (Å²) in [4.78, 5) is 0. The van der Waals surface area contributed by atoms with Gasteiger partial charge in [0.1, 0.15) is 11.9 Å². The largest absolute Gasteiger partial charge is 0.485 e. The third-order valence-electron chi connectivity index (χ3n) is 3.42. The Bertz CT molecular complexity index is 662. The number of halogens is 3. The highest BCUT2D eigenvalue weighted by molar-refractivity contribution is 9.10. The summed E-state index contributed by atoms with van der Waals surface area (Å²) in [5, 5.41) is 1.22. The van der Waals surface area contributed by atoms with E-state index in [-0.39, 0.29) is 12.1 Å². The molecule has 3 rings (SSSR count). The highest BCUT2D eigenvalue weighted by Crippen LogP contribution is 2.42. The molecule has 5 heteroatoms. The van der Waals surface area contributed by atoms with E-state index in [0.717, 1.165) is 21.3 Å². The SMILES string of the molecule is NC1CC(c2ccc(Cl)cc2Cl)Oc2cc(Br)ccc21. The summed E-state index contributed by atoms with van der Waals surface area (Å²) in [5.74, 6) is 0.800. The van der Waals surface area contributed by atoms with E-state index in [4.69, 9.17) is 33.7 Å². The zero-order chi connectivity index (χ0) is 14.3. The Morgan fingerprint density at radius 1 is 1.10 bits per heavy atom. The summed E-state index contributed by atoms with van der Waals surface area (Å²) >= 11 is 15.6. The molecule has 2 nitrogen and oxygen atoms in total. The molecule has 104 valence electrons. The van der Waals surface area contributed by atoms with E-state index in [1.165, 1.54) is 0 Å². The maximum Gasteiger partial charge on any atom is 0.127 e. The first kappa shape index (κ1) is 14.2. The van der Waals surface area contributed by atoms with Gasteiger partial charge in [-0.25, -0.2) is 0 Å². The highest BCUT2D eigenvalue weighted by Gasteiger charge is 2.28. The predicted octanol–water partition coefficient (Wildman–Crippen LogP) is 5.28. The molecule has 0 fully saturated rings. The minimum Gasteiger partial charge on any atom is -0.485 e. The lowest BCUT2D eigenvalue weighted by Crippen LogP contribution is -2.24. The zero-order valence-electron chi connectivity index (χ0n) is 10.4. The van der Waals surface area contributed by atoms with E-state index in [2.05, 4.69) is 15.9 Å². The molecule has 0 saturated carbocycles. The van der Waals surface area contributed by atoms with Crippen molar-refractivity contribution in [3.8, 4) is 5.75 Å². The standard InChI is InChI=1S/C15H12BrCl2NO/c16-8-1-3-11-13(19)7-15(20-14(11)5-8)10-4-2-9(17)6-12(10)18/h1-6,13,15H,7,19H2. The van der Waals surface area contributed by atoms with E-state index < -0.39 is 0 Å². The Hall–Kier alpha value is -0.740. The average molecular weight is 373 g/mol. The van der Waals surface area contributed by atoms with Crippen LogP contribution in [-0.2, 0) is 0 Å². The number of ether oxygens (including phenoxy) is 1. The number of hydrogen-bond donors (Lipinski definition) is 1. The molecule has 0 bridgehead atoms. The van der Waals surface area contributed by atoms with Gasteiger partial charge in [0.15, 0.2) is 0 Å². The van der Waals surface area contributed by atoms with Crippen LogP contribution in [0.25, 0.3) is 0 Å². The lowest BCUT2D eigenvalue weighted by Gasteiger charge is -2.31. The van der Waals surface area contributed by atoms with E-state index in [1.54, 1.807) is 6.07 Å². The molecule has 2 aromatic carbocycles. The first-order valence-corrected chi connectivity index (χ1v) is 7.76. The van der Waals surface area contributed by atoms with Gasteiger partial charge in [0, 0.05) is 38.1 Å². The maximum absolute atomic E-state index is 6.25. The van der Waals surface area contributed by atoms with Gasteiger partial charge in [0.2, 0.25) is 0 Å². The predicted molar refractivity (Wildman–Crippen MR) is 85.5 cm³/mol. The molecular weight excluding hydrogens is 361 g/mol. The van der Waals surface area contributed by atoms with Crippen molar-refractivity contribution in [3.63, 3.8) is 0 Å². The number of fused-ring (bicyclic) bond motifs is 1. The van der Waals surface area contributed by atoms with E-state index in [9.17, 15) is 0 Å². The molecule has 1 aliphatic rings. The minimum absolute atomic E-state index is 0.0661. The second-order valence-corrected chi connectivity index (χ2v) is 6.56. The maximum atomic E-state index is 6.25. The van der Waals surface area contributed by atoms with Crippen LogP contribution in [0.5, 0.6) is 5.75 Å². The Labute approximate surface area is 136 Å². The van der Waals surface area contributed by atoms with Gasteiger partial charge in [0.05, 0.1) is 0 Å². The van der Waals surface area contributed by atoms with Gasteiger partial charge < -0.3 is 10.5 Å². The topological polar surface area (TPSA) is 35.2 Å². The molecular formula is C15H12BrCl2NO. The number of hydrogen-bond acceptors (Lipinski definition) is 2. The van der Waals surface area contributed by atoms with Crippen LogP contribution in [-0.4, -0.2) is 0 Å². The van der Waals surface area contributed by atoms with Gasteiger partial charge in [-0.3, -0.25) is 0 Å². The van der Waals surface area contributed by atoms with Crippen LogP contribution in [0.2, 0.25) is 10.0 Å². The second kappa shape index (κ2) is 5.57. The van der Waals surface area contributed by atoms with Crippen LogP contribution in [0.1, 0.15) is 29.7 Å². The van der Waals surface area contributed by atoms with Crippen molar-refractivity contribution in [3.05, 3.63) is 62.0 Å². The Morgan fingerprint density at radius 3 is 2.60 bits per heavy atom. The third kappa shape index (κ3) is 2.68. The summed E-state index contributed by atoms with van der Waals surface area (Å²) in [6.07, 6.45) is 0.535. The first-order chi connectivity index (χ1) is 9.54. The molecule has 2 N–H and O–H groups in total. The second-order valence-electron chi connectivity index (χ2n) is 4.80. The average Bonchev–Trinajstić information content (AvgIpc) is 2.37. The minimum atomic E-state index is -0.156. The fourth-order valence-corrected chi connectivity index (χ4v) is 3.30. The summed E-state index contributed by atoms with van der Waals surface area (Å²) < 4.78 is 7.02. The molecule has 0 aliphatic carbocycles. The van der Waals surface area contributed by atoms with Gasteiger partial charge in [-0.05, 0) is 24.3 Å². The quantitative estimate of drug-likeness (QED) is 0.738. The van der Waals surface area contributed by atoms with Gasteiger partial charge in [-0.1, -0.05) is 51.3 Å². The molecule has 2 atom stereocenters. The molecule has 1 aliphatic heterocycles. The fraction of sp³-hybridized carbons (Fsp3) is 0.200. The highest BCUT2D eigenvalue weighted by atomic mass is 79.9. The lowest BCUT2D eigenvalue weighted by atomic mass is 9.93. The van der Waals surface area contributed by atoms with Crippen molar-refractivity contribution in [2.24, 2.45) is 5.73 Å². The first-order valence-electron chi connectivity index (χ1n) is 6.21. The van der Waals surface area contributed by atoms with Crippen molar-refractivity contribution in [1.82, 2.24) is 0 Å². The lowest BCUT2D eigenvalue weighted by molar-refractivity contribution is 0.161. The molecule has 0 saturated heterocycles. The van der Waals surface area contributed by atoms with Gasteiger partial charge in [-0.15, -0.1) is 0 Å². The Morgan fingerprint density at radius 2 is 1.85 bits per heavy atom. The molecule has 1 heterocycles. The smallest absolute Gasteiger partial charge is 0.127 e. The van der Waals surface area contributed by atoms with E-state index in [0.29, 0.717) is 16.5 Å². The van der Waals surface area contributed by atoms with Crippen molar-refractivity contribution < 1.29 is 4.74 Å². The monoisotopic (exact) mass is 371 g/mol. The van der Waals surface area contributed by atoms with Crippen LogP contribution >= 0.6 is 39.1 Å². The van der Waals surface area contributed by atoms with Crippen molar-refractivity contribution in [2.75, 3.05) is 0 Å². The van der Waals surface area contributed by atoms with E-state index in [1.807, 2.05) is 30.3 Å². The molecule has 2 aromatic rings. The molecule has 0 aromatic heterocycles. The van der Waals surface area contributed by atoms with Crippen LogP contribution in [0.15, 0.2) is 40.9 Å². The van der Waals surface area contributed by atoms with Gasteiger partial charge in [0.25, 0.3) is 0 Å². The van der Waals surface area contributed by atoms with Crippen molar-refractivity contribution >= 4 is 39.1 Å². The van der Waals surface area contributed by atoms with Crippen molar-refractivity contribution in [2.45, 2.75) is 18.6 Å². The summed E-state index contributed by atoms with van der Waals surface area (Å²) in [5.41, 5.74) is 8.18. The van der Waals surface area contributed by atoms with Gasteiger partial charge >= 0.3 is 0 Å². The van der Waals surface area contributed by atoms with Crippen LogP contribution in [0.3, 0.4) is 0 Å². The molecule has 2 unspecified atom stereocenters. The Kier molecular flexibility index (Phi) is 3.95. The number of nitrogens with two attached hydrogens (primary N) is 1. The summed E-state index contributed by atoms with van der Waals surface area (Å²) in [7, 11) is 0. The summed E-state index contributed by atoms with van der Waals surface area (Å²) in [6.45, 7) is 0. The molecule has 0 amide bonds. The van der Waals surface area contributed by atoms with E-state index >= 15 is 0 Å². The van der Waals surface area contributed by atoms with Crippen LogP contribution < -0.4 is 10.5 Å². The molecule has 20 heavy (non-hydrogen) atoms. The fourth-order valence-electron chi connectivity index (χ4n) is 2.43. The van der Waals surface area contributed by atoms with Crippen molar-refractivity contribution in [1.29, 1.82) is 0 Å². The Balaban J connectivity index is 1.98. The number of rotatable bonds is 1. The van der Waals surface area contributed by atoms with Gasteiger partial charge in [-0.2, -0.15) is 0 Å².